The second kappa shape index (κ2) is 5.67. The van der Waals surface area contributed by atoms with Crippen molar-refractivity contribution in [3.63, 3.8) is 0 Å². The molecule has 0 amide bonds. The van der Waals surface area contributed by atoms with Crippen LogP contribution in [0.5, 0.6) is 0 Å². The Morgan fingerprint density at radius 1 is 1.24 bits per heavy atom. The molecule has 0 spiro atoms. The van der Waals surface area contributed by atoms with Crippen molar-refractivity contribution in [1.29, 1.82) is 0 Å². The summed E-state index contributed by atoms with van der Waals surface area (Å²) in [5, 5.41) is 3.86. The third-order valence-electron chi connectivity index (χ3n) is 7.35. The minimum atomic E-state index is 0.152. The number of benzene rings is 1. The highest BCUT2D eigenvalue weighted by Crippen LogP contribution is 2.50. The van der Waals surface area contributed by atoms with Crippen LogP contribution in [0.3, 0.4) is 0 Å². The number of allylic oxidation sites excluding steroid dienone is 2. The van der Waals surface area contributed by atoms with Crippen molar-refractivity contribution in [1.82, 2.24) is 5.32 Å². The highest BCUT2D eigenvalue weighted by molar-refractivity contribution is 5.93. The zero-order chi connectivity index (χ0) is 17.0. The lowest BCUT2D eigenvalue weighted by atomic mass is 9.63. The monoisotopic (exact) mass is 332 g/mol. The van der Waals surface area contributed by atoms with Gasteiger partial charge in [0.1, 0.15) is 0 Å². The maximum atomic E-state index is 5.36. The number of hydrogen-bond donors (Lipinski definition) is 1. The topological polar surface area (TPSA) is 24.4 Å². The van der Waals surface area contributed by atoms with Crippen LogP contribution in [0.25, 0.3) is 0 Å². The van der Waals surface area contributed by atoms with Crippen molar-refractivity contribution in [2.75, 3.05) is 6.54 Å². The van der Waals surface area contributed by atoms with Gasteiger partial charge in [0.2, 0.25) is 0 Å². The normalized spacial score (nSPS) is 39.0. The minimum absolute atomic E-state index is 0.152. The zero-order valence-electron chi connectivity index (χ0n) is 15.3. The van der Waals surface area contributed by atoms with E-state index in [0.29, 0.717) is 23.8 Å². The quantitative estimate of drug-likeness (QED) is 0.856. The summed E-state index contributed by atoms with van der Waals surface area (Å²) in [5.74, 6) is 1.89. The summed E-state index contributed by atoms with van der Waals surface area (Å²) in [6.45, 7) is 5.86. The first-order chi connectivity index (χ1) is 12.1. The average Bonchev–Trinajstić information content (AvgIpc) is 2.96. The molecule has 130 valence electrons. The molecular formula is C23H28N2. The van der Waals surface area contributed by atoms with Gasteiger partial charge in [-0.1, -0.05) is 55.0 Å². The number of nitrogens with one attached hydrogen (secondary N) is 1. The minimum Gasteiger partial charge on any atom is -0.307 e. The molecule has 5 atom stereocenters. The standard InChI is InChI=1S/C23H28N2/c1-15-22-20(11-16-7-4-3-5-8-16)19-12-18-14-23(15,2)24-10-6-9-17(18)13-21(19)25-22/h3-9,15,19-20,22,24H,10-14H2,1-2H3. The molecule has 0 aromatic heterocycles. The van der Waals surface area contributed by atoms with Gasteiger partial charge in [-0.3, -0.25) is 4.99 Å². The molecule has 4 aliphatic rings. The molecule has 2 aliphatic carbocycles. The van der Waals surface area contributed by atoms with E-state index in [1.54, 1.807) is 11.1 Å². The number of hydrogen-bond acceptors (Lipinski definition) is 2. The second-order valence-electron chi connectivity index (χ2n) is 8.75. The van der Waals surface area contributed by atoms with E-state index in [2.05, 4.69) is 61.6 Å². The van der Waals surface area contributed by atoms with Crippen LogP contribution in [0, 0.1) is 17.8 Å². The number of aliphatic imine (C=N–C) groups is 1. The van der Waals surface area contributed by atoms with E-state index in [0.717, 1.165) is 13.0 Å². The molecule has 0 radical (unpaired) electrons. The van der Waals surface area contributed by atoms with E-state index < -0.39 is 0 Å². The molecule has 1 N–H and O–H groups in total. The molecule has 2 nitrogen and oxygen atoms in total. The smallest absolute Gasteiger partial charge is 0.0580 e. The fraction of sp³-hybridized carbons (Fsp3) is 0.522. The molecular weight excluding hydrogens is 304 g/mol. The van der Waals surface area contributed by atoms with Crippen LogP contribution in [0.15, 0.2) is 58.6 Å². The zero-order valence-corrected chi connectivity index (χ0v) is 15.3. The first-order valence-corrected chi connectivity index (χ1v) is 9.87. The van der Waals surface area contributed by atoms with Crippen molar-refractivity contribution in [2.24, 2.45) is 22.7 Å². The summed E-state index contributed by atoms with van der Waals surface area (Å²) in [4.78, 5) is 5.36. The Labute approximate surface area is 151 Å². The van der Waals surface area contributed by atoms with E-state index in [4.69, 9.17) is 4.99 Å². The Morgan fingerprint density at radius 2 is 2.08 bits per heavy atom. The van der Waals surface area contributed by atoms with Crippen molar-refractivity contribution in [3.05, 3.63) is 59.2 Å². The molecule has 25 heavy (non-hydrogen) atoms. The summed E-state index contributed by atoms with van der Waals surface area (Å²) in [6, 6.07) is 11.5. The molecule has 1 saturated carbocycles. The van der Waals surface area contributed by atoms with Gasteiger partial charge < -0.3 is 5.32 Å². The second-order valence-corrected chi connectivity index (χ2v) is 8.75. The van der Waals surface area contributed by atoms with Crippen LogP contribution in [-0.2, 0) is 6.42 Å². The van der Waals surface area contributed by atoms with Gasteiger partial charge in [-0.2, -0.15) is 0 Å². The van der Waals surface area contributed by atoms with Crippen molar-refractivity contribution < 1.29 is 0 Å². The van der Waals surface area contributed by atoms with Gasteiger partial charge in [-0.25, -0.2) is 0 Å². The molecule has 5 rings (SSSR count). The Morgan fingerprint density at radius 3 is 2.92 bits per heavy atom. The van der Waals surface area contributed by atoms with Gasteiger partial charge in [0, 0.05) is 30.1 Å². The fourth-order valence-electron chi connectivity index (χ4n) is 5.72. The first kappa shape index (κ1) is 15.6. The molecule has 2 heterocycles. The van der Waals surface area contributed by atoms with Crippen LogP contribution < -0.4 is 5.32 Å². The average molecular weight is 332 g/mol. The molecule has 5 unspecified atom stereocenters. The number of rotatable bonds is 2. The largest absolute Gasteiger partial charge is 0.307 e. The van der Waals surface area contributed by atoms with Gasteiger partial charge >= 0.3 is 0 Å². The van der Waals surface area contributed by atoms with Crippen LogP contribution in [0.1, 0.15) is 38.7 Å². The third kappa shape index (κ3) is 2.45. The van der Waals surface area contributed by atoms with Crippen molar-refractivity contribution in [3.8, 4) is 0 Å². The van der Waals surface area contributed by atoms with Crippen LogP contribution in [-0.4, -0.2) is 23.8 Å². The summed E-state index contributed by atoms with van der Waals surface area (Å²) in [6.07, 6.45) is 9.39. The van der Waals surface area contributed by atoms with E-state index >= 15 is 0 Å². The van der Waals surface area contributed by atoms with E-state index in [9.17, 15) is 0 Å². The maximum Gasteiger partial charge on any atom is 0.0580 e. The summed E-state index contributed by atoms with van der Waals surface area (Å²) >= 11 is 0. The van der Waals surface area contributed by atoms with Crippen molar-refractivity contribution in [2.45, 2.75) is 51.1 Å². The Bertz CT molecular complexity index is 773. The SMILES string of the molecule is CC1C2N=C3CC4=C(CC3C2Cc2ccccc2)CC1(C)NCC=C4. The number of nitrogens with zero attached hydrogens (tertiary/aromatic N) is 1. The molecule has 1 fully saturated rings. The lowest BCUT2D eigenvalue weighted by Gasteiger charge is -2.46. The third-order valence-corrected chi connectivity index (χ3v) is 7.35. The van der Waals surface area contributed by atoms with E-state index in [-0.39, 0.29) is 5.54 Å². The predicted molar refractivity (Wildman–Crippen MR) is 104 cm³/mol. The highest BCUT2D eigenvalue weighted by Gasteiger charge is 2.50. The van der Waals surface area contributed by atoms with Gasteiger partial charge in [0.15, 0.2) is 0 Å². The van der Waals surface area contributed by atoms with Crippen LogP contribution >= 0.6 is 0 Å². The van der Waals surface area contributed by atoms with E-state index in [1.165, 1.54) is 30.5 Å². The maximum absolute atomic E-state index is 5.36. The van der Waals surface area contributed by atoms with Crippen molar-refractivity contribution >= 4 is 5.71 Å². The summed E-state index contributed by atoms with van der Waals surface area (Å²) < 4.78 is 0. The summed E-state index contributed by atoms with van der Waals surface area (Å²) in [7, 11) is 0. The Balaban J connectivity index is 1.58. The predicted octanol–water partition coefficient (Wildman–Crippen LogP) is 4.33. The lowest BCUT2D eigenvalue weighted by molar-refractivity contribution is 0.161. The molecule has 4 bridgehead atoms. The summed E-state index contributed by atoms with van der Waals surface area (Å²) in [5.41, 5.74) is 6.38. The number of fused-ring (bicyclic) bond motifs is 2. The van der Waals surface area contributed by atoms with Gasteiger partial charge in [0.05, 0.1) is 6.04 Å². The molecule has 1 aromatic rings. The Kier molecular flexibility index (Phi) is 3.53. The first-order valence-electron chi connectivity index (χ1n) is 9.87. The fourth-order valence-corrected chi connectivity index (χ4v) is 5.72. The molecule has 2 aliphatic heterocycles. The van der Waals surface area contributed by atoms with Crippen LogP contribution in [0.2, 0.25) is 0 Å². The van der Waals surface area contributed by atoms with Crippen LogP contribution in [0.4, 0.5) is 0 Å². The van der Waals surface area contributed by atoms with Gasteiger partial charge in [-0.05, 0) is 49.2 Å². The Hall–Kier alpha value is -1.67. The molecule has 2 heteroatoms. The van der Waals surface area contributed by atoms with E-state index in [1.807, 2.05) is 0 Å². The van der Waals surface area contributed by atoms with Gasteiger partial charge in [-0.15, -0.1) is 0 Å². The molecule has 0 saturated heterocycles. The van der Waals surface area contributed by atoms with Gasteiger partial charge in [0.25, 0.3) is 0 Å². The lowest BCUT2D eigenvalue weighted by Crippen LogP contribution is -2.54. The molecule has 1 aromatic carbocycles. The highest BCUT2D eigenvalue weighted by atomic mass is 15.0.